The lowest BCUT2D eigenvalue weighted by Gasteiger charge is -2.39. The first kappa shape index (κ1) is 24.8. The quantitative estimate of drug-likeness (QED) is 0.621. The molecule has 1 aliphatic heterocycles. The lowest BCUT2D eigenvalue weighted by atomic mass is 9.84. The maximum absolute atomic E-state index is 13.3. The van der Waals surface area contributed by atoms with Gasteiger partial charge in [0.25, 0.3) is 0 Å². The number of aryl methyl sites for hydroxylation is 2. The van der Waals surface area contributed by atoms with Crippen LogP contribution < -0.4 is 5.32 Å². The summed E-state index contributed by atoms with van der Waals surface area (Å²) in [6.07, 6.45) is 7.81. The number of carbonyl (C=O) groups is 2. The largest absolute Gasteiger partial charge is 0.328 e. The molecule has 2 heterocycles. The van der Waals surface area contributed by atoms with Gasteiger partial charge < -0.3 is 10.2 Å². The molecule has 10 heteroatoms. The Kier molecular flexibility index (Phi) is 7.69. The van der Waals surface area contributed by atoms with Crippen LogP contribution in [0.2, 0.25) is 0 Å². The number of piperazine rings is 1. The molecule has 1 N–H and O–H groups in total. The second kappa shape index (κ2) is 10.5. The first-order chi connectivity index (χ1) is 16.3. The van der Waals surface area contributed by atoms with Crippen LogP contribution in [0.1, 0.15) is 49.7 Å². The monoisotopic (exact) mass is 504 g/mol. The smallest absolute Gasteiger partial charge is 0.248 e. The first-order valence-corrected chi connectivity index (χ1v) is 14.1. The van der Waals surface area contributed by atoms with Crippen molar-refractivity contribution in [3.05, 3.63) is 40.9 Å². The Morgan fingerprint density at radius 1 is 1.21 bits per heavy atom. The molecule has 8 nitrogen and oxygen atoms in total. The molecule has 0 bridgehead atoms. The maximum atomic E-state index is 13.3. The van der Waals surface area contributed by atoms with Crippen molar-refractivity contribution >= 4 is 38.3 Å². The van der Waals surface area contributed by atoms with Gasteiger partial charge in [0.05, 0.1) is 11.4 Å². The fraction of sp³-hybridized carbons (Fsp3) is 0.542. The van der Waals surface area contributed by atoms with Gasteiger partial charge in [-0.1, -0.05) is 44.2 Å². The molecule has 2 fully saturated rings. The number of hydrogen-bond acceptors (Lipinski definition) is 6. The highest BCUT2D eigenvalue weighted by molar-refractivity contribution is 7.89. The molecule has 0 unspecified atom stereocenters. The Balaban J connectivity index is 1.52. The molecular formula is C24H32N4O4S2. The van der Waals surface area contributed by atoms with Crippen LogP contribution in [0.4, 0.5) is 5.13 Å². The van der Waals surface area contributed by atoms with E-state index in [1.807, 2.05) is 13.0 Å². The second-order valence-corrected chi connectivity index (χ2v) is 12.1. The Morgan fingerprint density at radius 2 is 1.97 bits per heavy atom. The van der Waals surface area contributed by atoms with Crippen molar-refractivity contribution in [3.63, 3.8) is 0 Å². The topological polar surface area (TPSA) is 99.7 Å². The maximum Gasteiger partial charge on any atom is 0.248 e. The zero-order chi connectivity index (χ0) is 24.3. The van der Waals surface area contributed by atoms with E-state index in [-0.39, 0.29) is 36.3 Å². The molecule has 34 heavy (non-hydrogen) atoms. The molecule has 0 spiro atoms. The summed E-state index contributed by atoms with van der Waals surface area (Å²) >= 11 is 1.33. The minimum absolute atomic E-state index is 0.160. The molecule has 1 aromatic carbocycles. The Labute approximate surface area is 205 Å². The molecule has 1 aliphatic carbocycles. The normalized spacial score (nSPS) is 19.2. The number of amides is 2. The van der Waals surface area contributed by atoms with Crippen LogP contribution >= 0.6 is 11.3 Å². The third-order valence-corrected chi connectivity index (χ3v) is 9.48. The number of hydrogen-bond donors (Lipinski definition) is 1. The summed E-state index contributed by atoms with van der Waals surface area (Å²) in [5.74, 6) is -0.208. The summed E-state index contributed by atoms with van der Waals surface area (Å²) in [4.78, 5) is 32.4. The van der Waals surface area contributed by atoms with Crippen LogP contribution in [0.5, 0.6) is 0 Å². The van der Waals surface area contributed by atoms with E-state index in [0.717, 1.165) is 31.2 Å². The summed E-state index contributed by atoms with van der Waals surface area (Å²) in [5, 5.41) is 5.14. The van der Waals surface area contributed by atoms with E-state index < -0.39 is 16.1 Å². The third-order valence-electron chi connectivity index (χ3n) is 6.81. The molecule has 1 atom stereocenters. The van der Waals surface area contributed by atoms with Gasteiger partial charge in [0.1, 0.15) is 6.04 Å². The number of anilines is 1. The molecule has 2 aliphatic rings. The number of benzene rings is 1. The number of carbonyl (C=O) groups excluding carboxylic acids is 2. The van der Waals surface area contributed by atoms with Crippen molar-refractivity contribution in [1.82, 2.24) is 14.2 Å². The van der Waals surface area contributed by atoms with Crippen LogP contribution in [0.3, 0.4) is 0 Å². The third kappa shape index (κ3) is 5.50. The van der Waals surface area contributed by atoms with E-state index >= 15 is 0 Å². The highest BCUT2D eigenvalue weighted by Crippen LogP contribution is 2.30. The minimum atomic E-state index is -3.81. The standard InChI is InChI=1S/C24H32N4O4S2/c1-17-8-9-18(2)21(14-17)34(31,32)27-11-12-28(22(29)16-27)20(15-19-6-4-3-5-7-19)23(30)26-24-25-10-13-33-24/h8-10,13-14,19-20H,3-7,11-12,15-16H2,1-2H3,(H,25,26,30)/t20-/m0/s1. The van der Waals surface area contributed by atoms with E-state index in [1.165, 1.54) is 22.1 Å². The summed E-state index contributed by atoms with van der Waals surface area (Å²) in [6, 6.07) is 4.66. The zero-order valence-corrected chi connectivity index (χ0v) is 21.3. The fourth-order valence-corrected chi connectivity index (χ4v) is 7.13. The van der Waals surface area contributed by atoms with Gasteiger partial charge in [0, 0.05) is 24.7 Å². The number of sulfonamides is 1. The van der Waals surface area contributed by atoms with Gasteiger partial charge in [0.2, 0.25) is 21.8 Å². The van der Waals surface area contributed by atoms with Gasteiger partial charge in [-0.15, -0.1) is 11.3 Å². The summed E-state index contributed by atoms with van der Waals surface area (Å²) < 4.78 is 27.9. The van der Waals surface area contributed by atoms with Crippen molar-refractivity contribution in [2.75, 3.05) is 25.0 Å². The van der Waals surface area contributed by atoms with Crippen LogP contribution in [-0.2, 0) is 19.6 Å². The predicted molar refractivity (Wildman–Crippen MR) is 132 cm³/mol. The fourth-order valence-electron chi connectivity index (χ4n) is 4.91. The van der Waals surface area contributed by atoms with Gasteiger partial charge in [-0.25, -0.2) is 13.4 Å². The number of nitrogens with one attached hydrogen (secondary N) is 1. The van der Waals surface area contributed by atoms with Crippen LogP contribution in [0.15, 0.2) is 34.7 Å². The van der Waals surface area contributed by atoms with Gasteiger partial charge >= 0.3 is 0 Å². The highest BCUT2D eigenvalue weighted by Gasteiger charge is 2.39. The summed E-state index contributed by atoms with van der Waals surface area (Å²) in [6.45, 7) is 3.69. The molecular weight excluding hydrogens is 472 g/mol. The SMILES string of the molecule is Cc1ccc(C)c(S(=O)(=O)N2CCN([C@@H](CC3CCCCC3)C(=O)Nc3nccs3)C(=O)C2)c1. The van der Waals surface area contributed by atoms with Crippen LogP contribution in [0, 0.1) is 19.8 Å². The van der Waals surface area contributed by atoms with Crippen LogP contribution in [0.25, 0.3) is 0 Å². The van der Waals surface area contributed by atoms with Crippen molar-refractivity contribution in [3.8, 4) is 0 Å². The van der Waals surface area contributed by atoms with Gasteiger partial charge in [-0.2, -0.15) is 4.31 Å². The van der Waals surface area contributed by atoms with Crippen molar-refractivity contribution < 1.29 is 18.0 Å². The van der Waals surface area contributed by atoms with E-state index in [1.54, 1.807) is 35.5 Å². The predicted octanol–water partition coefficient (Wildman–Crippen LogP) is 3.57. The average Bonchev–Trinajstić information content (AvgIpc) is 3.33. The lowest BCUT2D eigenvalue weighted by Crippen LogP contribution is -2.58. The highest BCUT2D eigenvalue weighted by atomic mass is 32.2. The van der Waals surface area contributed by atoms with Crippen molar-refractivity contribution in [1.29, 1.82) is 0 Å². The molecule has 2 aromatic rings. The lowest BCUT2D eigenvalue weighted by molar-refractivity contribution is -0.142. The Hall–Kier alpha value is -2.30. The van der Waals surface area contributed by atoms with E-state index in [4.69, 9.17) is 0 Å². The number of aromatic nitrogens is 1. The van der Waals surface area contributed by atoms with Gasteiger partial charge in [-0.3, -0.25) is 9.59 Å². The molecule has 4 rings (SSSR count). The van der Waals surface area contributed by atoms with Gasteiger partial charge in [-0.05, 0) is 43.4 Å². The average molecular weight is 505 g/mol. The van der Waals surface area contributed by atoms with E-state index in [0.29, 0.717) is 23.0 Å². The van der Waals surface area contributed by atoms with Crippen LogP contribution in [-0.4, -0.2) is 60.1 Å². The molecule has 0 radical (unpaired) electrons. The Morgan fingerprint density at radius 3 is 2.65 bits per heavy atom. The molecule has 1 saturated carbocycles. The molecule has 1 aromatic heterocycles. The van der Waals surface area contributed by atoms with Crippen molar-refractivity contribution in [2.45, 2.75) is 63.3 Å². The summed E-state index contributed by atoms with van der Waals surface area (Å²) in [7, 11) is -3.81. The molecule has 2 amide bonds. The van der Waals surface area contributed by atoms with E-state index in [9.17, 15) is 18.0 Å². The van der Waals surface area contributed by atoms with E-state index in [2.05, 4.69) is 10.3 Å². The first-order valence-electron chi connectivity index (χ1n) is 11.8. The second-order valence-electron chi connectivity index (χ2n) is 9.28. The molecule has 1 saturated heterocycles. The number of thiazole rings is 1. The van der Waals surface area contributed by atoms with Gasteiger partial charge in [0.15, 0.2) is 5.13 Å². The number of rotatable bonds is 7. The minimum Gasteiger partial charge on any atom is -0.328 e. The summed E-state index contributed by atoms with van der Waals surface area (Å²) in [5.41, 5.74) is 1.50. The zero-order valence-electron chi connectivity index (χ0n) is 19.7. The Bertz CT molecular complexity index is 1130. The van der Waals surface area contributed by atoms with Crippen molar-refractivity contribution in [2.24, 2.45) is 5.92 Å². The molecule has 184 valence electrons. The number of nitrogens with zero attached hydrogens (tertiary/aromatic N) is 3.